The van der Waals surface area contributed by atoms with Crippen molar-refractivity contribution in [3.8, 4) is 23.1 Å². The van der Waals surface area contributed by atoms with E-state index < -0.39 is 5.69 Å². The molecule has 0 aliphatic rings. The molecule has 0 spiro atoms. The van der Waals surface area contributed by atoms with Crippen LogP contribution >= 0.6 is 0 Å². The largest absolute Gasteiger partial charge is 0.496 e. The summed E-state index contributed by atoms with van der Waals surface area (Å²) < 4.78 is 6.63. The highest BCUT2D eigenvalue weighted by Crippen LogP contribution is 2.32. The number of nitriles is 1. The molecule has 102 valence electrons. The van der Waals surface area contributed by atoms with Gasteiger partial charge in [-0.15, -0.1) is 0 Å². The van der Waals surface area contributed by atoms with E-state index in [9.17, 15) is 10.1 Å². The zero-order chi connectivity index (χ0) is 14.9. The minimum Gasteiger partial charge on any atom is -0.496 e. The molecule has 5 nitrogen and oxygen atoms in total. The van der Waals surface area contributed by atoms with Crippen LogP contribution in [-0.4, -0.2) is 16.7 Å². The first-order valence-corrected chi connectivity index (χ1v) is 6.11. The van der Waals surface area contributed by atoms with Gasteiger partial charge in [-0.1, -0.05) is 0 Å². The van der Waals surface area contributed by atoms with E-state index in [2.05, 4.69) is 11.1 Å². The molecule has 0 radical (unpaired) electrons. The van der Waals surface area contributed by atoms with Crippen LogP contribution in [0.15, 0.2) is 23.1 Å². The third-order valence-electron chi connectivity index (χ3n) is 3.28. The van der Waals surface area contributed by atoms with Gasteiger partial charge in [-0.3, -0.25) is 0 Å². The summed E-state index contributed by atoms with van der Waals surface area (Å²) >= 11 is 0. The monoisotopic (exact) mass is 269 g/mol. The van der Waals surface area contributed by atoms with Crippen molar-refractivity contribution in [3.63, 3.8) is 0 Å². The number of aryl methyl sites for hydroxylation is 3. The Morgan fingerprint density at radius 1 is 1.30 bits per heavy atom. The van der Waals surface area contributed by atoms with Crippen LogP contribution in [0.5, 0.6) is 5.75 Å². The lowest BCUT2D eigenvalue weighted by Gasteiger charge is -2.12. The number of ether oxygens (including phenoxy) is 1. The molecule has 2 aromatic rings. The molecule has 20 heavy (non-hydrogen) atoms. The summed E-state index contributed by atoms with van der Waals surface area (Å²) in [5.41, 5.74) is 3.08. The minimum atomic E-state index is -0.403. The zero-order valence-electron chi connectivity index (χ0n) is 11.9. The Morgan fingerprint density at radius 2 is 1.95 bits per heavy atom. The number of nitrogens with zero attached hydrogens (tertiary/aromatic N) is 3. The molecular weight excluding hydrogens is 254 g/mol. The van der Waals surface area contributed by atoms with E-state index in [1.807, 2.05) is 26.0 Å². The Morgan fingerprint density at radius 3 is 2.55 bits per heavy atom. The molecular formula is C15H15N3O2. The lowest BCUT2D eigenvalue weighted by Crippen LogP contribution is -2.21. The summed E-state index contributed by atoms with van der Waals surface area (Å²) in [7, 11) is 3.12. The van der Waals surface area contributed by atoms with E-state index in [4.69, 9.17) is 4.74 Å². The second-order valence-corrected chi connectivity index (χ2v) is 4.65. The fourth-order valence-electron chi connectivity index (χ4n) is 1.98. The van der Waals surface area contributed by atoms with Crippen LogP contribution in [-0.2, 0) is 7.05 Å². The third-order valence-corrected chi connectivity index (χ3v) is 3.28. The highest BCUT2D eigenvalue weighted by molar-refractivity contribution is 5.73. The van der Waals surface area contributed by atoms with Crippen LogP contribution in [0.25, 0.3) is 11.3 Å². The van der Waals surface area contributed by atoms with Crippen LogP contribution in [0.4, 0.5) is 0 Å². The van der Waals surface area contributed by atoms with Gasteiger partial charge in [-0.25, -0.2) is 4.79 Å². The van der Waals surface area contributed by atoms with Gasteiger partial charge in [-0.2, -0.15) is 10.2 Å². The summed E-state index contributed by atoms with van der Waals surface area (Å²) in [4.78, 5) is 15.7. The summed E-state index contributed by atoms with van der Waals surface area (Å²) in [6.07, 6.45) is 1.49. The zero-order valence-corrected chi connectivity index (χ0v) is 11.9. The summed E-state index contributed by atoms with van der Waals surface area (Å²) in [5.74, 6) is 0.602. The maximum atomic E-state index is 11.7. The first kappa shape index (κ1) is 13.8. The Bertz CT molecular complexity index is 770. The van der Waals surface area contributed by atoms with E-state index in [0.717, 1.165) is 11.1 Å². The molecule has 0 N–H and O–H groups in total. The molecule has 0 amide bonds. The summed E-state index contributed by atoms with van der Waals surface area (Å²) in [6.45, 7) is 3.94. The predicted molar refractivity (Wildman–Crippen MR) is 75.7 cm³/mol. The number of aromatic nitrogens is 2. The van der Waals surface area contributed by atoms with Crippen molar-refractivity contribution in [2.75, 3.05) is 7.11 Å². The fraction of sp³-hybridized carbons (Fsp3) is 0.267. The summed E-state index contributed by atoms with van der Waals surface area (Å²) in [5, 5.41) is 9.24. The maximum Gasteiger partial charge on any atom is 0.347 e. The maximum absolute atomic E-state index is 11.7. The van der Waals surface area contributed by atoms with Crippen LogP contribution < -0.4 is 10.4 Å². The molecule has 5 heteroatoms. The van der Waals surface area contributed by atoms with Crippen molar-refractivity contribution in [2.24, 2.45) is 7.05 Å². The van der Waals surface area contributed by atoms with Crippen molar-refractivity contribution in [1.29, 1.82) is 5.26 Å². The third kappa shape index (κ3) is 2.28. The Hall–Kier alpha value is -2.61. The van der Waals surface area contributed by atoms with Gasteiger partial charge in [0.1, 0.15) is 11.8 Å². The van der Waals surface area contributed by atoms with Gasteiger partial charge in [0.25, 0.3) is 0 Å². The highest BCUT2D eigenvalue weighted by Gasteiger charge is 2.15. The molecule has 0 bridgehead atoms. The van der Waals surface area contributed by atoms with Crippen LogP contribution in [0.3, 0.4) is 0 Å². The van der Waals surface area contributed by atoms with Crippen molar-refractivity contribution in [3.05, 3.63) is 45.5 Å². The van der Waals surface area contributed by atoms with E-state index in [-0.39, 0.29) is 0 Å². The predicted octanol–water partition coefficient (Wildman–Crippen LogP) is 1.94. The Labute approximate surface area is 117 Å². The normalized spacial score (nSPS) is 10.2. The van der Waals surface area contributed by atoms with Crippen molar-refractivity contribution in [2.45, 2.75) is 13.8 Å². The lowest BCUT2D eigenvalue weighted by atomic mass is 10.0. The van der Waals surface area contributed by atoms with Crippen LogP contribution in [0.1, 0.15) is 16.7 Å². The van der Waals surface area contributed by atoms with Gasteiger partial charge >= 0.3 is 5.69 Å². The molecule has 0 saturated heterocycles. The molecule has 1 aromatic carbocycles. The van der Waals surface area contributed by atoms with E-state index in [1.165, 1.54) is 10.8 Å². The molecule has 0 atom stereocenters. The van der Waals surface area contributed by atoms with Gasteiger partial charge in [0, 0.05) is 18.8 Å². The number of benzene rings is 1. The second-order valence-electron chi connectivity index (χ2n) is 4.65. The van der Waals surface area contributed by atoms with E-state index in [1.54, 1.807) is 14.2 Å². The Balaban J connectivity index is 2.81. The molecule has 1 heterocycles. The molecule has 0 aliphatic carbocycles. The molecule has 2 rings (SSSR count). The number of hydrogen-bond donors (Lipinski definition) is 0. The number of methoxy groups -OCH3 is 1. The molecule has 0 aliphatic heterocycles. The first-order chi connectivity index (χ1) is 9.47. The van der Waals surface area contributed by atoms with Gasteiger partial charge in [0.05, 0.1) is 18.4 Å². The van der Waals surface area contributed by atoms with Crippen LogP contribution in [0, 0.1) is 25.2 Å². The lowest BCUT2D eigenvalue weighted by molar-refractivity contribution is 0.416. The van der Waals surface area contributed by atoms with E-state index in [0.29, 0.717) is 22.6 Å². The van der Waals surface area contributed by atoms with Crippen molar-refractivity contribution < 1.29 is 4.74 Å². The van der Waals surface area contributed by atoms with Gasteiger partial charge in [0.2, 0.25) is 0 Å². The first-order valence-electron chi connectivity index (χ1n) is 6.11. The number of hydrogen-bond acceptors (Lipinski definition) is 4. The van der Waals surface area contributed by atoms with Gasteiger partial charge in [0.15, 0.2) is 0 Å². The number of rotatable bonds is 2. The quantitative estimate of drug-likeness (QED) is 0.835. The smallest absolute Gasteiger partial charge is 0.347 e. The average molecular weight is 269 g/mol. The fourth-order valence-corrected chi connectivity index (χ4v) is 1.98. The van der Waals surface area contributed by atoms with Crippen molar-refractivity contribution >= 4 is 0 Å². The molecule has 0 fully saturated rings. The van der Waals surface area contributed by atoms with Crippen LogP contribution in [0.2, 0.25) is 0 Å². The van der Waals surface area contributed by atoms with Gasteiger partial charge < -0.3 is 9.30 Å². The van der Waals surface area contributed by atoms with Crippen molar-refractivity contribution in [1.82, 2.24) is 9.55 Å². The van der Waals surface area contributed by atoms with Gasteiger partial charge in [-0.05, 0) is 37.1 Å². The topological polar surface area (TPSA) is 67.9 Å². The molecule has 1 aromatic heterocycles. The second kappa shape index (κ2) is 5.17. The minimum absolute atomic E-state index is 0.341. The average Bonchev–Trinajstić information content (AvgIpc) is 2.43. The summed E-state index contributed by atoms with van der Waals surface area (Å²) in [6, 6.07) is 5.84. The highest BCUT2D eigenvalue weighted by atomic mass is 16.5. The Kier molecular flexibility index (Phi) is 3.57. The molecule has 0 unspecified atom stereocenters. The van der Waals surface area contributed by atoms with E-state index >= 15 is 0 Å². The molecule has 0 saturated carbocycles. The SMILES string of the molecule is COc1cc(C)c(C)cc1-c1nc(=O)n(C)cc1C#N. The standard InChI is InChI=1S/C15H15N3O2/c1-9-5-12(13(20-4)6-10(9)2)14-11(7-16)8-18(3)15(19)17-14/h5-6,8H,1-4H3.